The Labute approximate surface area is 220 Å². The molecule has 3 rings (SSSR count). The van der Waals surface area contributed by atoms with Crippen molar-refractivity contribution in [1.29, 1.82) is 0 Å². The van der Waals surface area contributed by atoms with Crippen molar-refractivity contribution in [3.63, 3.8) is 0 Å². The van der Waals surface area contributed by atoms with Crippen LogP contribution in [0.4, 0.5) is 4.39 Å². The first-order chi connectivity index (χ1) is 17.4. The van der Waals surface area contributed by atoms with Crippen molar-refractivity contribution in [2.45, 2.75) is 75.2 Å². The highest BCUT2D eigenvalue weighted by Crippen LogP contribution is 2.27. The van der Waals surface area contributed by atoms with Crippen LogP contribution in [0.3, 0.4) is 0 Å². The molecule has 3 aliphatic heterocycles. The van der Waals surface area contributed by atoms with Gasteiger partial charge in [-0.1, -0.05) is 6.92 Å². The van der Waals surface area contributed by atoms with Gasteiger partial charge in [-0.3, -0.25) is 14.5 Å². The fourth-order valence-electron chi connectivity index (χ4n) is 5.65. The fraction of sp³-hybridized carbons (Fsp3) is 0.917. The van der Waals surface area contributed by atoms with E-state index in [9.17, 15) is 22.4 Å². The summed E-state index contributed by atoms with van der Waals surface area (Å²) >= 11 is 0. The number of nitrogens with one attached hydrogen (secondary N) is 3. The Morgan fingerprint density at radius 2 is 1.81 bits per heavy atom. The van der Waals surface area contributed by atoms with Crippen LogP contribution in [0.15, 0.2) is 0 Å². The minimum Gasteiger partial charge on any atom is -0.350 e. The second-order valence-electron chi connectivity index (χ2n) is 11.0. The van der Waals surface area contributed by atoms with Gasteiger partial charge in [-0.2, -0.15) is 0 Å². The number of halogens is 1. The van der Waals surface area contributed by atoms with Crippen LogP contribution in [-0.4, -0.2) is 118 Å². The van der Waals surface area contributed by atoms with Gasteiger partial charge < -0.3 is 32.3 Å². The second-order valence-corrected chi connectivity index (χ2v) is 13.3. The maximum absolute atomic E-state index is 13.7. The molecule has 0 aromatic heterocycles. The molecule has 13 heteroatoms. The summed E-state index contributed by atoms with van der Waals surface area (Å²) in [5, 5.41) is 9.12. The van der Waals surface area contributed by atoms with Gasteiger partial charge in [0, 0.05) is 50.4 Å². The largest absolute Gasteiger partial charge is 0.350 e. The quantitative estimate of drug-likeness (QED) is 0.192. The van der Waals surface area contributed by atoms with Gasteiger partial charge in [0.2, 0.25) is 11.8 Å². The molecule has 37 heavy (non-hydrogen) atoms. The SMILES string of the molecule is CCC(F)CNC(C)C(C(=O)NC1CNCCC1N1CCC(C(=O)N2CC(S(C)(=O)=O)C2)CC1)C(N)N. The summed E-state index contributed by atoms with van der Waals surface area (Å²) in [6, 6.07) is -0.407. The van der Waals surface area contributed by atoms with Gasteiger partial charge in [-0.15, -0.1) is 0 Å². The average molecular weight is 548 g/mol. The molecule has 0 radical (unpaired) electrons. The van der Waals surface area contributed by atoms with E-state index in [2.05, 4.69) is 20.9 Å². The topological polar surface area (TPSA) is 163 Å². The smallest absolute Gasteiger partial charge is 0.227 e. The molecule has 2 amide bonds. The standard InChI is InChI=1S/C24H46FN7O4S/c1-4-17(25)11-29-15(2)21(22(26)27)23(33)30-19-12-28-8-5-20(19)31-9-6-16(7-10-31)24(34)32-13-18(14-32)37(3,35)36/h15-22,28-29H,4-14,26-27H2,1-3H3,(H,30,33). The summed E-state index contributed by atoms with van der Waals surface area (Å²) in [7, 11) is -3.11. The number of hydrogen-bond acceptors (Lipinski definition) is 9. The molecule has 3 aliphatic rings. The Hall–Kier alpha value is -1.38. The zero-order valence-corrected chi connectivity index (χ0v) is 23.2. The molecular weight excluding hydrogens is 501 g/mol. The van der Waals surface area contributed by atoms with Gasteiger partial charge in [-0.05, 0) is 52.2 Å². The Morgan fingerprint density at radius 1 is 1.16 bits per heavy atom. The predicted molar refractivity (Wildman–Crippen MR) is 141 cm³/mol. The zero-order valence-electron chi connectivity index (χ0n) is 22.4. The molecule has 5 unspecified atom stereocenters. The summed E-state index contributed by atoms with van der Waals surface area (Å²) in [5.74, 6) is -0.999. The van der Waals surface area contributed by atoms with E-state index in [0.717, 1.165) is 26.1 Å². The van der Waals surface area contributed by atoms with E-state index in [1.807, 2.05) is 0 Å². The van der Waals surface area contributed by atoms with E-state index in [1.165, 1.54) is 6.26 Å². The van der Waals surface area contributed by atoms with Crippen molar-refractivity contribution in [3.8, 4) is 0 Å². The van der Waals surface area contributed by atoms with Gasteiger partial charge in [0.1, 0.15) is 6.17 Å². The van der Waals surface area contributed by atoms with Crippen LogP contribution in [0, 0.1) is 11.8 Å². The monoisotopic (exact) mass is 547 g/mol. The number of carbonyl (C=O) groups is 2. The van der Waals surface area contributed by atoms with Crippen LogP contribution in [0.5, 0.6) is 0 Å². The van der Waals surface area contributed by atoms with Crippen LogP contribution in [0.2, 0.25) is 0 Å². The molecule has 0 saturated carbocycles. The van der Waals surface area contributed by atoms with Crippen LogP contribution in [0.1, 0.15) is 39.5 Å². The molecule has 7 N–H and O–H groups in total. The normalized spacial score (nSPS) is 26.9. The predicted octanol–water partition coefficient (Wildman–Crippen LogP) is -1.61. The van der Waals surface area contributed by atoms with Crippen molar-refractivity contribution < 1.29 is 22.4 Å². The van der Waals surface area contributed by atoms with E-state index in [-0.39, 0.29) is 42.4 Å². The Kier molecular flexibility index (Phi) is 10.7. The van der Waals surface area contributed by atoms with E-state index in [1.54, 1.807) is 18.7 Å². The number of nitrogens with two attached hydrogens (primary N) is 2. The molecule has 3 heterocycles. The Balaban J connectivity index is 1.53. The lowest BCUT2D eigenvalue weighted by Crippen LogP contribution is -2.64. The van der Waals surface area contributed by atoms with Crippen molar-refractivity contribution >= 4 is 21.7 Å². The Bertz CT molecular complexity index is 878. The average Bonchev–Trinajstić information content (AvgIpc) is 2.81. The number of rotatable bonds is 11. The van der Waals surface area contributed by atoms with Gasteiger partial charge in [0.15, 0.2) is 9.84 Å². The maximum atomic E-state index is 13.7. The fourth-order valence-corrected chi connectivity index (χ4v) is 6.55. The molecule has 0 bridgehead atoms. The summed E-state index contributed by atoms with van der Waals surface area (Å²) in [6.07, 6.45) is 2.01. The number of piperidine rings is 2. The van der Waals surface area contributed by atoms with Crippen LogP contribution in [0.25, 0.3) is 0 Å². The number of likely N-dealkylation sites (tertiary alicyclic amines) is 2. The van der Waals surface area contributed by atoms with Crippen molar-refractivity contribution in [2.24, 2.45) is 23.3 Å². The Morgan fingerprint density at radius 3 is 2.38 bits per heavy atom. The first-order valence-corrected chi connectivity index (χ1v) is 15.5. The third-order valence-corrected chi connectivity index (χ3v) is 9.76. The highest BCUT2D eigenvalue weighted by molar-refractivity contribution is 7.91. The van der Waals surface area contributed by atoms with E-state index in [4.69, 9.17) is 11.5 Å². The number of amides is 2. The summed E-state index contributed by atoms with van der Waals surface area (Å²) in [6.45, 7) is 7.23. The van der Waals surface area contributed by atoms with Crippen LogP contribution >= 0.6 is 0 Å². The van der Waals surface area contributed by atoms with E-state index >= 15 is 0 Å². The lowest BCUT2D eigenvalue weighted by atomic mass is 9.89. The van der Waals surface area contributed by atoms with Gasteiger partial charge in [0.05, 0.1) is 23.4 Å². The molecule has 0 aromatic rings. The molecule has 0 aromatic carbocycles. The molecule has 0 aliphatic carbocycles. The highest BCUT2D eigenvalue weighted by Gasteiger charge is 2.42. The van der Waals surface area contributed by atoms with Crippen LogP contribution < -0.4 is 27.4 Å². The molecular formula is C24H46FN7O4S. The van der Waals surface area contributed by atoms with Crippen LogP contribution in [-0.2, 0) is 19.4 Å². The minimum atomic E-state index is -3.11. The lowest BCUT2D eigenvalue weighted by Gasteiger charge is -2.45. The van der Waals surface area contributed by atoms with Crippen molar-refractivity contribution in [3.05, 3.63) is 0 Å². The molecule has 11 nitrogen and oxygen atoms in total. The van der Waals surface area contributed by atoms with Gasteiger partial charge in [0.25, 0.3) is 0 Å². The highest BCUT2D eigenvalue weighted by atomic mass is 32.2. The molecule has 5 atom stereocenters. The second kappa shape index (κ2) is 13.1. The van der Waals surface area contributed by atoms with Gasteiger partial charge >= 0.3 is 0 Å². The number of carbonyl (C=O) groups excluding carboxylic acids is 2. The molecule has 3 saturated heterocycles. The third kappa shape index (κ3) is 7.82. The minimum absolute atomic E-state index is 0.0505. The summed E-state index contributed by atoms with van der Waals surface area (Å²) in [5.41, 5.74) is 11.9. The number of alkyl halides is 1. The number of sulfone groups is 1. The van der Waals surface area contributed by atoms with Crippen molar-refractivity contribution in [2.75, 3.05) is 52.1 Å². The molecule has 214 valence electrons. The summed E-state index contributed by atoms with van der Waals surface area (Å²) < 4.78 is 37.0. The van der Waals surface area contributed by atoms with Crippen molar-refractivity contribution in [1.82, 2.24) is 25.8 Å². The first kappa shape index (κ1) is 30.2. The third-order valence-electron chi connectivity index (χ3n) is 8.25. The zero-order chi connectivity index (χ0) is 27.3. The number of nitrogens with zero attached hydrogens (tertiary/aromatic N) is 2. The van der Waals surface area contributed by atoms with Gasteiger partial charge in [-0.25, -0.2) is 12.8 Å². The first-order valence-electron chi connectivity index (χ1n) is 13.5. The van der Waals surface area contributed by atoms with E-state index < -0.39 is 33.3 Å². The maximum Gasteiger partial charge on any atom is 0.227 e. The lowest BCUT2D eigenvalue weighted by molar-refractivity contribution is -0.140. The number of hydrogen-bond donors (Lipinski definition) is 5. The molecule has 0 spiro atoms. The summed E-state index contributed by atoms with van der Waals surface area (Å²) in [4.78, 5) is 30.1. The van der Waals surface area contributed by atoms with E-state index in [0.29, 0.717) is 38.9 Å². The molecule has 3 fully saturated rings.